The van der Waals surface area contributed by atoms with Crippen LogP contribution in [0.4, 0.5) is 0 Å². The SMILES string of the molecule is CC1CC2(B=B2)OC1CN=[N+]=[N-]. The molecule has 6 heteroatoms. The average Bonchev–Trinajstić information content (AvgIpc) is 2.70. The number of nitrogens with zero attached hydrogens (tertiary/aromatic N) is 3. The van der Waals surface area contributed by atoms with Gasteiger partial charge in [-0.05, 0) is 0 Å². The molecule has 1 fully saturated rings. The van der Waals surface area contributed by atoms with Crippen LogP contribution in [-0.2, 0) is 4.74 Å². The quantitative estimate of drug-likeness (QED) is 0.254. The van der Waals surface area contributed by atoms with E-state index in [4.69, 9.17) is 10.3 Å². The Bertz CT molecular complexity index is 268. The van der Waals surface area contributed by atoms with E-state index in [1.54, 1.807) is 0 Å². The molecule has 0 aromatic rings. The molecule has 0 radical (unpaired) electrons. The summed E-state index contributed by atoms with van der Waals surface area (Å²) < 4.78 is 5.70. The van der Waals surface area contributed by atoms with Crippen LogP contribution in [-0.4, -0.2) is 31.7 Å². The van der Waals surface area contributed by atoms with Gasteiger partial charge in [-0.2, -0.15) is 0 Å². The first kappa shape index (κ1) is 8.02. The number of ether oxygens (including phenoxy) is 1. The van der Waals surface area contributed by atoms with Crippen molar-refractivity contribution >= 4 is 13.6 Å². The molecule has 2 unspecified atom stereocenters. The minimum absolute atomic E-state index is 0.0466. The second-order valence-corrected chi connectivity index (χ2v) is 3.54. The third kappa shape index (κ3) is 1.32. The molecule has 4 nitrogen and oxygen atoms in total. The monoisotopic (exact) mass is 161 g/mol. The fourth-order valence-corrected chi connectivity index (χ4v) is 1.72. The zero-order valence-corrected chi connectivity index (χ0v) is 6.97. The van der Waals surface area contributed by atoms with Gasteiger partial charge in [-0.15, -0.1) is 0 Å². The molecule has 12 heavy (non-hydrogen) atoms. The van der Waals surface area contributed by atoms with Crippen LogP contribution in [0.3, 0.4) is 0 Å². The average molecular weight is 161 g/mol. The van der Waals surface area contributed by atoms with Gasteiger partial charge in [0, 0.05) is 0 Å². The first-order valence-corrected chi connectivity index (χ1v) is 4.15. The van der Waals surface area contributed by atoms with Gasteiger partial charge in [0.2, 0.25) is 0 Å². The molecule has 2 aliphatic heterocycles. The predicted octanol–water partition coefficient (Wildman–Crippen LogP) is 0.712. The van der Waals surface area contributed by atoms with E-state index in [9.17, 15) is 0 Å². The third-order valence-electron chi connectivity index (χ3n) is 2.51. The summed E-state index contributed by atoms with van der Waals surface area (Å²) in [5.41, 5.74) is 8.15. The molecular weight excluding hydrogens is 152 g/mol. The van der Waals surface area contributed by atoms with Crippen molar-refractivity contribution in [1.82, 2.24) is 0 Å². The molecule has 0 aromatic heterocycles. The Balaban J connectivity index is 1.94. The zero-order chi connectivity index (χ0) is 8.60. The van der Waals surface area contributed by atoms with E-state index >= 15 is 0 Å². The van der Waals surface area contributed by atoms with Crippen LogP contribution in [0.2, 0.25) is 0 Å². The summed E-state index contributed by atoms with van der Waals surface area (Å²) in [6, 6.07) is 0. The molecule has 2 rings (SSSR count). The standard InChI is InChI=1S/C6H9B2N3O/c1-4-2-6(7-8-6)12-5(4)3-10-11-9/h4-5H,2-3H2,1H3. The van der Waals surface area contributed by atoms with Crippen molar-refractivity contribution in [2.24, 2.45) is 11.0 Å². The van der Waals surface area contributed by atoms with Crippen LogP contribution in [0.5, 0.6) is 0 Å². The van der Waals surface area contributed by atoms with Gasteiger partial charge in [-0.1, -0.05) is 0 Å². The van der Waals surface area contributed by atoms with Gasteiger partial charge in [0.1, 0.15) is 0 Å². The second-order valence-electron chi connectivity index (χ2n) is 3.54. The Morgan fingerprint density at radius 1 is 1.75 bits per heavy atom. The Morgan fingerprint density at radius 2 is 2.50 bits per heavy atom. The molecule has 2 aliphatic rings. The van der Waals surface area contributed by atoms with Crippen molar-refractivity contribution in [3.63, 3.8) is 0 Å². The van der Waals surface area contributed by atoms with Crippen LogP contribution >= 0.6 is 0 Å². The van der Waals surface area contributed by atoms with Crippen LogP contribution in [0, 0.1) is 5.92 Å². The molecule has 0 aromatic carbocycles. The molecule has 0 aliphatic carbocycles. The van der Waals surface area contributed by atoms with Gasteiger partial charge in [0.15, 0.2) is 0 Å². The van der Waals surface area contributed by atoms with Crippen molar-refractivity contribution in [3.05, 3.63) is 10.4 Å². The Hall–Kier alpha value is -0.600. The fraction of sp³-hybridized carbons (Fsp3) is 1.00. The van der Waals surface area contributed by atoms with Gasteiger partial charge in [-0.25, -0.2) is 0 Å². The molecule has 0 amide bonds. The summed E-state index contributed by atoms with van der Waals surface area (Å²) in [5.74, 6) is 0.491. The normalized spacial score (nSPS) is 33.8. The Morgan fingerprint density at radius 3 is 3.00 bits per heavy atom. The molecule has 0 saturated carbocycles. The number of hydrogen-bond acceptors (Lipinski definition) is 2. The molecule has 1 saturated heterocycles. The van der Waals surface area contributed by atoms with E-state index in [0.29, 0.717) is 12.5 Å². The minimum atomic E-state index is -0.0466. The molecule has 2 heterocycles. The molecule has 2 atom stereocenters. The van der Waals surface area contributed by atoms with E-state index in [0.717, 1.165) is 6.42 Å². The van der Waals surface area contributed by atoms with Gasteiger partial charge in [0.25, 0.3) is 0 Å². The molecular formula is C6H9B2N3O. The van der Waals surface area contributed by atoms with Crippen molar-refractivity contribution in [3.8, 4) is 0 Å². The van der Waals surface area contributed by atoms with E-state index in [2.05, 4.69) is 30.6 Å². The Kier molecular flexibility index (Phi) is 1.81. The van der Waals surface area contributed by atoms with Crippen LogP contribution in [0.25, 0.3) is 10.4 Å². The van der Waals surface area contributed by atoms with Crippen LogP contribution < -0.4 is 0 Å². The van der Waals surface area contributed by atoms with E-state index in [1.807, 2.05) is 0 Å². The van der Waals surface area contributed by atoms with Crippen LogP contribution in [0.15, 0.2) is 5.11 Å². The van der Waals surface area contributed by atoms with E-state index in [1.165, 1.54) is 0 Å². The van der Waals surface area contributed by atoms with Crippen molar-refractivity contribution in [2.45, 2.75) is 24.8 Å². The maximum atomic E-state index is 8.15. The molecule has 1 spiro atoms. The van der Waals surface area contributed by atoms with Gasteiger partial charge >= 0.3 is 71.2 Å². The van der Waals surface area contributed by atoms with E-state index in [-0.39, 0.29) is 11.5 Å². The van der Waals surface area contributed by atoms with Crippen LogP contribution in [0.1, 0.15) is 13.3 Å². The summed E-state index contributed by atoms with van der Waals surface area (Å²) in [5, 5.41) is 3.48. The zero-order valence-electron chi connectivity index (χ0n) is 6.97. The first-order valence-electron chi connectivity index (χ1n) is 4.15. The topological polar surface area (TPSA) is 58.0 Å². The second kappa shape index (κ2) is 2.71. The van der Waals surface area contributed by atoms with Gasteiger partial charge < -0.3 is 0 Å². The van der Waals surface area contributed by atoms with E-state index < -0.39 is 0 Å². The fourth-order valence-electron chi connectivity index (χ4n) is 1.72. The summed E-state index contributed by atoms with van der Waals surface area (Å²) in [6.07, 6.45) is 1.15. The van der Waals surface area contributed by atoms with Gasteiger partial charge in [-0.3, -0.25) is 0 Å². The van der Waals surface area contributed by atoms with Crippen molar-refractivity contribution in [1.29, 1.82) is 0 Å². The van der Waals surface area contributed by atoms with Crippen molar-refractivity contribution < 1.29 is 4.74 Å². The van der Waals surface area contributed by atoms with Gasteiger partial charge in [0.05, 0.1) is 0 Å². The van der Waals surface area contributed by atoms with Crippen molar-refractivity contribution in [2.75, 3.05) is 6.54 Å². The summed E-state index contributed by atoms with van der Waals surface area (Å²) in [7, 11) is 0. The summed E-state index contributed by atoms with van der Waals surface area (Å²) in [4.78, 5) is 2.73. The Labute approximate surface area is 72.0 Å². The third-order valence-corrected chi connectivity index (χ3v) is 2.51. The summed E-state index contributed by atoms with van der Waals surface area (Å²) in [6.45, 7) is 6.73. The molecule has 0 N–H and O–H groups in total. The first-order chi connectivity index (χ1) is 5.76. The number of hydrogen-bond donors (Lipinski definition) is 0. The molecule has 0 bridgehead atoms. The number of azide groups is 1. The maximum absolute atomic E-state index is 8.15. The summed E-state index contributed by atoms with van der Waals surface area (Å²) >= 11 is 0. The predicted molar refractivity (Wildman–Crippen MR) is 46.9 cm³/mol. The molecule has 60 valence electrons. The number of rotatable bonds is 2.